The first-order chi connectivity index (χ1) is 9.35. The number of nitrogens with two attached hydrogens (primary N) is 1. The van der Waals surface area contributed by atoms with Crippen LogP contribution in [-0.4, -0.2) is 23.2 Å². The Morgan fingerprint density at radius 1 is 1.45 bits per heavy atom. The van der Waals surface area contributed by atoms with Crippen LogP contribution in [0.4, 0.5) is 5.69 Å². The monoisotopic (exact) mass is 292 g/mol. The number of rotatable bonds is 4. The van der Waals surface area contributed by atoms with Gasteiger partial charge in [0.15, 0.2) is 0 Å². The van der Waals surface area contributed by atoms with Crippen molar-refractivity contribution in [2.75, 3.05) is 12.3 Å². The molecule has 0 aliphatic carbocycles. The fourth-order valence-corrected chi connectivity index (χ4v) is 3.24. The Labute approximate surface area is 122 Å². The van der Waals surface area contributed by atoms with Crippen LogP contribution in [0.5, 0.6) is 0 Å². The Bertz CT molecular complexity index is 647. The van der Waals surface area contributed by atoms with Gasteiger partial charge in [0, 0.05) is 22.2 Å². The van der Waals surface area contributed by atoms with Crippen LogP contribution in [0.3, 0.4) is 0 Å². The number of fused-ring (bicyclic) bond motifs is 1. The van der Waals surface area contributed by atoms with Crippen molar-refractivity contribution in [1.29, 1.82) is 0 Å². The predicted octanol–water partition coefficient (Wildman–Crippen LogP) is 2.68. The highest BCUT2D eigenvalue weighted by Crippen LogP contribution is 2.35. The van der Waals surface area contributed by atoms with E-state index in [-0.39, 0.29) is 12.5 Å². The third-order valence-electron chi connectivity index (χ3n) is 3.35. The summed E-state index contributed by atoms with van der Waals surface area (Å²) in [5.41, 5.74) is 7.30. The van der Waals surface area contributed by atoms with Gasteiger partial charge >= 0.3 is 0 Å². The maximum atomic E-state index is 12.4. The number of nitrogen functional groups attached to an aromatic ring is 1. The smallest absolute Gasteiger partial charge is 0.263 e. The quantitative estimate of drug-likeness (QED) is 0.811. The van der Waals surface area contributed by atoms with Crippen molar-refractivity contribution in [3.05, 3.63) is 28.6 Å². The van der Waals surface area contributed by atoms with Gasteiger partial charge in [-0.3, -0.25) is 4.79 Å². The van der Waals surface area contributed by atoms with Gasteiger partial charge in [-0.05, 0) is 32.8 Å². The molecular formula is C15H20N2O2S. The second-order valence-corrected chi connectivity index (χ2v) is 6.63. The zero-order valence-corrected chi connectivity index (χ0v) is 12.8. The molecule has 1 aromatic carbocycles. The molecule has 0 fully saturated rings. The van der Waals surface area contributed by atoms with Crippen LogP contribution < -0.4 is 11.1 Å². The van der Waals surface area contributed by atoms with E-state index < -0.39 is 5.54 Å². The number of amides is 1. The van der Waals surface area contributed by atoms with Gasteiger partial charge in [-0.1, -0.05) is 18.2 Å². The maximum Gasteiger partial charge on any atom is 0.263 e. The normalized spacial score (nSPS) is 11.8. The highest BCUT2D eigenvalue weighted by Gasteiger charge is 2.24. The number of anilines is 1. The van der Waals surface area contributed by atoms with Gasteiger partial charge in [-0.15, -0.1) is 11.3 Å². The maximum absolute atomic E-state index is 12.4. The molecule has 0 bridgehead atoms. The lowest BCUT2D eigenvalue weighted by Gasteiger charge is -2.25. The Morgan fingerprint density at radius 3 is 2.75 bits per heavy atom. The van der Waals surface area contributed by atoms with Crippen LogP contribution in [-0.2, 0) is 0 Å². The predicted molar refractivity (Wildman–Crippen MR) is 84.2 cm³/mol. The standard InChI is InChI=1S/C15H20N2O2S/c1-9-5-4-6-10-11(16)13(20-12(9)10)14(19)17-15(2,3)7-8-18/h4-6,18H,7-8,16H2,1-3H3,(H,17,19). The van der Waals surface area contributed by atoms with Crippen molar-refractivity contribution in [3.63, 3.8) is 0 Å². The van der Waals surface area contributed by atoms with Crippen molar-refractivity contribution < 1.29 is 9.90 Å². The third-order valence-corrected chi connectivity index (χ3v) is 4.70. The van der Waals surface area contributed by atoms with E-state index in [0.717, 1.165) is 15.6 Å². The minimum atomic E-state index is -0.455. The zero-order valence-electron chi connectivity index (χ0n) is 12.0. The third kappa shape index (κ3) is 2.78. The Kier molecular flexibility index (Phi) is 4.01. The number of aryl methyl sites for hydroxylation is 1. The number of aliphatic hydroxyl groups excluding tert-OH is 1. The van der Waals surface area contributed by atoms with Gasteiger partial charge in [-0.25, -0.2) is 0 Å². The zero-order chi connectivity index (χ0) is 14.9. The van der Waals surface area contributed by atoms with Crippen LogP contribution in [0, 0.1) is 6.92 Å². The molecule has 4 N–H and O–H groups in total. The van der Waals surface area contributed by atoms with Crippen molar-refractivity contribution in [2.24, 2.45) is 0 Å². The first kappa shape index (κ1) is 14.8. The van der Waals surface area contributed by atoms with Gasteiger partial charge in [0.05, 0.1) is 5.69 Å². The van der Waals surface area contributed by atoms with Gasteiger partial charge in [0.25, 0.3) is 5.91 Å². The molecule has 0 saturated carbocycles. The fourth-order valence-electron chi connectivity index (χ4n) is 2.15. The molecule has 1 heterocycles. The number of nitrogens with one attached hydrogen (secondary N) is 1. The number of thiophene rings is 1. The summed E-state index contributed by atoms with van der Waals surface area (Å²) in [5, 5.41) is 12.9. The number of carbonyl (C=O) groups excluding carboxylic acids is 1. The number of hydrogen-bond acceptors (Lipinski definition) is 4. The SMILES string of the molecule is Cc1cccc2c(N)c(C(=O)NC(C)(C)CCO)sc12. The molecule has 1 aromatic heterocycles. The van der Waals surface area contributed by atoms with Gasteiger partial charge in [0.2, 0.25) is 0 Å². The molecule has 2 aromatic rings. The molecule has 0 aliphatic rings. The van der Waals surface area contributed by atoms with E-state index in [1.54, 1.807) is 0 Å². The van der Waals surface area contributed by atoms with E-state index in [1.165, 1.54) is 11.3 Å². The van der Waals surface area contributed by atoms with E-state index >= 15 is 0 Å². The topological polar surface area (TPSA) is 75.4 Å². The summed E-state index contributed by atoms with van der Waals surface area (Å²) in [6, 6.07) is 5.89. The van der Waals surface area contributed by atoms with Crippen LogP contribution in [0.1, 0.15) is 35.5 Å². The van der Waals surface area contributed by atoms with Crippen LogP contribution >= 0.6 is 11.3 Å². The summed E-state index contributed by atoms with van der Waals surface area (Å²) in [6.07, 6.45) is 0.503. The summed E-state index contributed by atoms with van der Waals surface area (Å²) in [5.74, 6) is -0.179. The highest BCUT2D eigenvalue weighted by molar-refractivity contribution is 7.21. The Balaban J connectivity index is 2.36. The molecule has 0 aliphatic heterocycles. The van der Waals surface area contributed by atoms with E-state index in [4.69, 9.17) is 10.8 Å². The molecule has 0 radical (unpaired) electrons. The van der Waals surface area contributed by atoms with Gasteiger partial charge < -0.3 is 16.2 Å². The van der Waals surface area contributed by atoms with E-state index in [9.17, 15) is 4.79 Å². The molecule has 0 unspecified atom stereocenters. The minimum Gasteiger partial charge on any atom is -0.397 e. The van der Waals surface area contributed by atoms with Crippen molar-refractivity contribution in [3.8, 4) is 0 Å². The molecule has 1 amide bonds. The number of hydrogen-bond donors (Lipinski definition) is 3. The fraction of sp³-hybridized carbons (Fsp3) is 0.400. The molecule has 4 nitrogen and oxygen atoms in total. The van der Waals surface area contributed by atoms with E-state index in [1.807, 2.05) is 39.0 Å². The lowest BCUT2D eigenvalue weighted by atomic mass is 10.0. The number of aliphatic hydroxyl groups is 1. The summed E-state index contributed by atoms with van der Waals surface area (Å²) >= 11 is 1.42. The molecule has 108 valence electrons. The van der Waals surface area contributed by atoms with E-state index in [0.29, 0.717) is 17.0 Å². The molecule has 20 heavy (non-hydrogen) atoms. The first-order valence-corrected chi connectivity index (χ1v) is 7.38. The average Bonchev–Trinajstić information content (AvgIpc) is 2.68. The average molecular weight is 292 g/mol. The summed E-state index contributed by atoms with van der Waals surface area (Å²) in [4.78, 5) is 12.9. The van der Waals surface area contributed by atoms with Crippen molar-refractivity contribution >= 4 is 33.0 Å². The van der Waals surface area contributed by atoms with E-state index in [2.05, 4.69) is 5.32 Å². The first-order valence-electron chi connectivity index (χ1n) is 6.56. The van der Waals surface area contributed by atoms with Crippen molar-refractivity contribution in [1.82, 2.24) is 5.32 Å². The Hall–Kier alpha value is -1.59. The van der Waals surface area contributed by atoms with Crippen LogP contribution in [0.2, 0.25) is 0 Å². The second kappa shape index (κ2) is 5.42. The second-order valence-electron chi connectivity index (χ2n) is 5.61. The van der Waals surface area contributed by atoms with Crippen LogP contribution in [0.15, 0.2) is 18.2 Å². The molecule has 2 rings (SSSR count). The van der Waals surface area contributed by atoms with Crippen LogP contribution in [0.25, 0.3) is 10.1 Å². The minimum absolute atomic E-state index is 0.0360. The molecule has 0 atom stereocenters. The summed E-state index contributed by atoms with van der Waals surface area (Å²) in [7, 11) is 0. The van der Waals surface area contributed by atoms with Crippen molar-refractivity contribution in [2.45, 2.75) is 32.7 Å². The largest absolute Gasteiger partial charge is 0.397 e. The summed E-state index contributed by atoms with van der Waals surface area (Å²) < 4.78 is 1.05. The molecule has 0 saturated heterocycles. The Morgan fingerprint density at radius 2 is 2.15 bits per heavy atom. The van der Waals surface area contributed by atoms with Gasteiger partial charge in [0.1, 0.15) is 4.88 Å². The van der Waals surface area contributed by atoms with Gasteiger partial charge in [-0.2, -0.15) is 0 Å². The molecular weight excluding hydrogens is 272 g/mol. The molecule has 5 heteroatoms. The number of carbonyl (C=O) groups is 1. The number of benzene rings is 1. The lowest BCUT2D eigenvalue weighted by molar-refractivity contribution is 0.0904. The lowest BCUT2D eigenvalue weighted by Crippen LogP contribution is -2.43. The highest BCUT2D eigenvalue weighted by atomic mass is 32.1. The summed E-state index contributed by atoms with van der Waals surface area (Å²) in [6.45, 7) is 5.82. The molecule has 0 spiro atoms.